The molecule has 0 spiro atoms. The number of para-hydroxylation sites is 1. The summed E-state index contributed by atoms with van der Waals surface area (Å²) in [6.07, 6.45) is -1.18. The number of aliphatic hydroxyl groups is 1. The van der Waals surface area contributed by atoms with Gasteiger partial charge in [-0.15, -0.1) is 0 Å². The number of aliphatic hydroxyl groups excluding tert-OH is 1. The van der Waals surface area contributed by atoms with E-state index in [1.807, 2.05) is 62.4 Å². The maximum Gasteiger partial charge on any atom is 0.279 e. The second kappa shape index (κ2) is 6.45. The average molecular weight is 324 g/mol. The summed E-state index contributed by atoms with van der Waals surface area (Å²) in [6.45, 7) is 3.85. The quantitative estimate of drug-likeness (QED) is 0.335. The first-order chi connectivity index (χ1) is 11.5. The first-order valence-corrected chi connectivity index (χ1v) is 7.65. The van der Waals surface area contributed by atoms with Crippen LogP contribution in [0.5, 0.6) is 0 Å². The number of rotatable bonds is 4. The van der Waals surface area contributed by atoms with Gasteiger partial charge in [-0.2, -0.15) is 0 Å². The van der Waals surface area contributed by atoms with Gasteiger partial charge in [0.1, 0.15) is 0 Å². The Labute approximate surface area is 139 Å². The highest BCUT2D eigenvalue weighted by Crippen LogP contribution is 2.27. The van der Waals surface area contributed by atoms with Crippen LogP contribution in [0.15, 0.2) is 53.3 Å². The van der Waals surface area contributed by atoms with Crippen molar-refractivity contribution in [3.63, 3.8) is 0 Å². The lowest BCUT2D eigenvalue weighted by molar-refractivity contribution is 0.135. The minimum atomic E-state index is -1.18. The highest BCUT2D eigenvalue weighted by molar-refractivity contribution is 5.69. The Balaban J connectivity index is 2.31. The molecule has 1 atom stereocenters. The van der Waals surface area contributed by atoms with Gasteiger partial charge < -0.3 is 5.11 Å². The number of benzene rings is 2. The minimum Gasteiger partial charge on any atom is -0.371 e. The maximum absolute atomic E-state index is 13.1. The number of nitrogens with two attached hydrogens (primary N) is 1. The molecule has 0 amide bonds. The van der Waals surface area contributed by atoms with Crippen LogP contribution in [0.3, 0.4) is 0 Å². The average Bonchev–Trinajstić information content (AvgIpc) is 2.92. The first kappa shape index (κ1) is 16.2. The molecule has 2 aromatic carbocycles. The van der Waals surface area contributed by atoms with Gasteiger partial charge >= 0.3 is 0 Å². The molecule has 24 heavy (non-hydrogen) atoms. The number of hydrogen-bond donors (Lipinski definition) is 4. The molecule has 1 aromatic heterocycles. The van der Waals surface area contributed by atoms with Crippen LogP contribution < -0.4 is 16.8 Å². The molecule has 0 aliphatic rings. The van der Waals surface area contributed by atoms with E-state index in [0.29, 0.717) is 11.3 Å². The smallest absolute Gasteiger partial charge is 0.279 e. The van der Waals surface area contributed by atoms with E-state index >= 15 is 0 Å². The van der Waals surface area contributed by atoms with E-state index in [4.69, 9.17) is 5.84 Å². The molecule has 0 saturated carbocycles. The molecule has 1 heterocycles. The fourth-order valence-corrected chi connectivity index (χ4v) is 2.83. The molecule has 3 rings (SSSR count). The van der Waals surface area contributed by atoms with Gasteiger partial charge in [0, 0.05) is 0 Å². The number of hydrazine groups is 1. The fraction of sp³-hybridized carbons (Fsp3) is 0.167. The number of nitrogens with one attached hydrogen (secondary N) is 2. The number of aryl methyl sites for hydroxylation is 2. The lowest BCUT2D eigenvalue weighted by Crippen LogP contribution is -2.28. The van der Waals surface area contributed by atoms with Crippen molar-refractivity contribution in [1.82, 2.24) is 15.2 Å². The fourth-order valence-electron chi connectivity index (χ4n) is 2.83. The van der Waals surface area contributed by atoms with E-state index in [1.165, 1.54) is 4.68 Å². The molecule has 0 aliphatic carbocycles. The van der Waals surface area contributed by atoms with Gasteiger partial charge in [0.2, 0.25) is 0 Å². The summed E-state index contributed by atoms with van der Waals surface area (Å²) < 4.78 is 1.44. The molecule has 6 heteroatoms. The maximum atomic E-state index is 13.1. The third kappa shape index (κ3) is 2.67. The Morgan fingerprint density at radius 2 is 1.71 bits per heavy atom. The predicted octanol–water partition coefficient (Wildman–Crippen LogP) is 1.90. The second-order valence-electron chi connectivity index (χ2n) is 5.71. The Kier molecular flexibility index (Phi) is 4.35. The molecule has 0 fully saturated rings. The summed E-state index contributed by atoms with van der Waals surface area (Å²) in [7, 11) is 0. The highest BCUT2D eigenvalue weighted by Gasteiger charge is 2.23. The zero-order valence-corrected chi connectivity index (χ0v) is 13.6. The number of aromatic amines is 1. The number of nitrogens with zero attached hydrogens (tertiary/aromatic N) is 1. The van der Waals surface area contributed by atoms with Crippen LogP contribution in [0.1, 0.15) is 23.0 Å². The summed E-state index contributed by atoms with van der Waals surface area (Å²) >= 11 is 0. The minimum absolute atomic E-state index is 0.233. The first-order valence-electron chi connectivity index (χ1n) is 7.65. The van der Waals surface area contributed by atoms with Gasteiger partial charge in [-0.25, -0.2) is 10.1 Å². The van der Waals surface area contributed by atoms with Gasteiger partial charge in [-0.05, 0) is 36.6 Å². The summed E-state index contributed by atoms with van der Waals surface area (Å²) in [5.74, 6) is 5.39. The van der Waals surface area contributed by atoms with Crippen molar-refractivity contribution in [2.45, 2.75) is 20.1 Å². The van der Waals surface area contributed by atoms with E-state index in [2.05, 4.69) is 10.5 Å². The van der Waals surface area contributed by atoms with Crippen molar-refractivity contribution in [1.29, 1.82) is 0 Å². The van der Waals surface area contributed by atoms with Gasteiger partial charge in [0.15, 0.2) is 6.23 Å². The molecular weight excluding hydrogens is 304 g/mol. The molecule has 0 bridgehead atoms. The van der Waals surface area contributed by atoms with Crippen molar-refractivity contribution in [2.24, 2.45) is 5.84 Å². The van der Waals surface area contributed by atoms with E-state index in [1.54, 1.807) is 0 Å². The zero-order valence-electron chi connectivity index (χ0n) is 13.6. The second-order valence-corrected chi connectivity index (χ2v) is 5.71. The van der Waals surface area contributed by atoms with Gasteiger partial charge in [0.05, 0.1) is 16.9 Å². The number of aromatic nitrogens is 2. The Hall–Kier alpha value is -2.67. The summed E-state index contributed by atoms with van der Waals surface area (Å²) in [5.41, 5.74) is 6.17. The largest absolute Gasteiger partial charge is 0.371 e. The van der Waals surface area contributed by atoms with Crippen LogP contribution in [-0.4, -0.2) is 14.9 Å². The van der Waals surface area contributed by atoms with Crippen molar-refractivity contribution < 1.29 is 5.11 Å². The molecule has 0 saturated heterocycles. The van der Waals surface area contributed by atoms with Crippen molar-refractivity contribution in [3.05, 3.63) is 75.7 Å². The van der Waals surface area contributed by atoms with Crippen molar-refractivity contribution >= 4 is 0 Å². The molecule has 3 aromatic rings. The molecule has 5 N–H and O–H groups in total. The summed E-state index contributed by atoms with van der Waals surface area (Å²) in [5, 5.41) is 13.2. The highest BCUT2D eigenvalue weighted by atomic mass is 16.3. The molecule has 0 aliphatic heterocycles. The SMILES string of the molecule is Cc1ccccc1-c1c(C(O)NN)[nH]n(-c2ccccc2C)c1=O. The van der Waals surface area contributed by atoms with Crippen LogP contribution in [0, 0.1) is 13.8 Å². The molecule has 1 unspecified atom stereocenters. The van der Waals surface area contributed by atoms with E-state index in [9.17, 15) is 9.90 Å². The molecule has 6 nitrogen and oxygen atoms in total. The normalized spacial score (nSPS) is 12.3. The third-order valence-corrected chi connectivity index (χ3v) is 4.12. The number of H-pyrrole nitrogens is 1. The van der Waals surface area contributed by atoms with Gasteiger partial charge in [-0.3, -0.25) is 15.7 Å². The monoisotopic (exact) mass is 324 g/mol. The van der Waals surface area contributed by atoms with Crippen LogP contribution in [0.2, 0.25) is 0 Å². The van der Waals surface area contributed by atoms with Crippen molar-refractivity contribution in [3.8, 4) is 16.8 Å². The van der Waals surface area contributed by atoms with E-state index in [-0.39, 0.29) is 5.56 Å². The van der Waals surface area contributed by atoms with E-state index in [0.717, 1.165) is 22.4 Å². The standard InChI is InChI=1S/C18H20N4O2/c1-11-7-3-5-9-13(11)15-16(17(23)20-19)21-22(18(15)24)14-10-6-4-8-12(14)2/h3-10,17,20-21,23H,19H2,1-2H3. The number of hydrogen-bond acceptors (Lipinski definition) is 4. The van der Waals surface area contributed by atoms with Crippen molar-refractivity contribution in [2.75, 3.05) is 0 Å². The van der Waals surface area contributed by atoms with Gasteiger partial charge in [0.25, 0.3) is 5.56 Å². The van der Waals surface area contributed by atoms with Crippen LogP contribution in [0.25, 0.3) is 16.8 Å². The molecular formula is C18H20N4O2. The van der Waals surface area contributed by atoms with Gasteiger partial charge in [-0.1, -0.05) is 42.5 Å². The lowest BCUT2D eigenvalue weighted by atomic mass is 10.0. The predicted molar refractivity (Wildman–Crippen MR) is 93.6 cm³/mol. The summed E-state index contributed by atoms with van der Waals surface area (Å²) in [4.78, 5) is 13.1. The van der Waals surface area contributed by atoms with Crippen LogP contribution in [0.4, 0.5) is 0 Å². The Morgan fingerprint density at radius 1 is 1.08 bits per heavy atom. The molecule has 124 valence electrons. The third-order valence-electron chi connectivity index (χ3n) is 4.12. The Bertz CT molecular complexity index is 927. The zero-order chi connectivity index (χ0) is 17.3. The molecule has 0 radical (unpaired) electrons. The van der Waals surface area contributed by atoms with E-state index < -0.39 is 6.23 Å². The topological polar surface area (TPSA) is 96.1 Å². The lowest BCUT2D eigenvalue weighted by Gasteiger charge is -2.10. The van der Waals surface area contributed by atoms with Crippen LogP contribution in [-0.2, 0) is 0 Å². The summed E-state index contributed by atoms with van der Waals surface area (Å²) in [6, 6.07) is 15.1. The van der Waals surface area contributed by atoms with Crippen LogP contribution >= 0.6 is 0 Å². The Morgan fingerprint density at radius 3 is 2.33 bits per heavy atom.